The van der Waals surface area contributed by atoms with Crippen molar-refractivity contribution < 1.29 is 0 Å². The third-order valence-corrected chi connectivity index (χ3v) is 8.43. The molecule has 0 spiro atoms. The van der Waals surface area contributed by atoms with Gasteiger partial charge in [-0.05, 0) is 66.4 Å². The molecular weight excluding hydrogens is 536 g/mol. The summed E-state index contributed by atoms with van der Waals surface area (Å²) >= 11 is 0. The number of hydrogen-bond acceptors (Lipinski definition) is 4. The Morgan fingerprint density at radius 3 is 1.66 bits per heavy atom. The molecule has 0 bridgehead atoms. The van der Waals surface area contributed by atoms with E-state index in [9.17, 15) is 0 Å². The topological polar surface area (TPSA) is 51.6 Å². The Labute approximate surface area is 255 Å². The third kappa shape index (κ3) is 4.40. The maximum Gasteiger partial charge on any atom is 0.160 e. The van der Waals surface area contributed by atoms with Crippen molar-refractivity contribution in [2.45, 2.75) is 13.8 Å². The van der Waals surface area contributed by atoms with E-state index in [1.807, 2.05) is 30.6 Å². The Hall–Kier alpha value is -5.74. The lowest BCUT2D eigenvalue weighted by Crippen LogP contribution is -1.97. The smallest absolute Gasteiger partial charge is 0.160 e. The molecule has 0 saturated heterocycles. The van der Waals surface area contributed by atoms with Gasteiger partial charge in [-0.1, -0.05) is 91.0 Å². The van der Waals surface area contributed by atoms with Crippen LogP contribution in [-0.2, 0) is 0 Å². The number of pyridine rings is 2. The Balaban J connectivity index is 1.24. The fourth-order valence-electron chi connectivity index (χ4n) is 6.29. The van der Waals surface area contributed by atoms with E-state index in [1.54, 1.807) is 0 Å². The predicted molar refractivity (Wildman–Crippen MR) is 181 cm³/mol. The lowest BCUT2D eigenvalue weighted by molar-refractivity contribution is 1.22. The fraction of sp³-hybridized carbons (Fsp3) is 0.0500. The summed E-state index contributed by atoms with van der Waals surface area (Å²) in [6.07, 6.45) is 3.71. The predicted octanol–water partition coefficient (Wildman–Crippen LogP) is 10.0. The summed E-state index contributed by atoms with van der Waals surface area (Å²) in [5, 5.41) is 3.30. The molecule has 4 nitrogen and oxygen atoms in total. The van der Waals surface area contributed by atoms with Gasteiger partial charge in [-0.25, -0.2) is 9.97 Å². The van der Waals surface area contributed by atoms with Gasteiger partial charge in [-0.2, -0.15) is 0 Å². The lowest BCUT2D eigenvalue weighted by atomic mass is 9.94. The van der Waals surface area contributed by atoms with E-state index in [-0.39, 0.29) is 0 Å². The molecule has 4 heteroatoms. The van der Waals surface area contributed by atoms with E-state index < -0.39 is 0 Å². The monoisotopic (exact) mass is 564 g/mol. The minimum absolute atomic E-state index is 0.712. The van der Waals surface area contributed by atoms with Crippen LogP contribution in [0.4, 0.5) is 0 Å². The van der Waals surface area contributed by atoms with Crippen molar-refractivity contribution in [3.8, 4) is 44.9 Å². The average molecular weight is 565 g/mol. The second-order valence-electron chi connectivity index (χ2n) is 11.2. The highest BCUT2D eigenvalue weighted by molar-refractivity contribution is 5.98. The molecule has 0 aliphatic carbocycles. The summed E-state index contributed by atoms with van der Waals surface area (Å²) in [5.41, 5.74) is 12.9. The molecule has 3 aromatic heterocycles. The molecule has 0 aliphatic rings. The zero-order valence-electron chi connectivity index (χ0n) is 24.5. The van der Waals surface area contributed by atoms with Crippen molar-refractivity contribution in [1.82, 2.24) is 19.9 Å². The molecule has 44 heavy (non-hydrogen) atoms. The van der Waals surface area contributed by atoms with Gasteiger partial charge in [-0.15, -0.1) is 0 Å². The Bertz CT molecular complexity index is 2360. The Kier molecular flexibility index (Phi) is 6.20. The van der Waals surface area contributed by atoms with Crippen LogP contribution >= 0.6 is 0 Å². The van der Waals surface area contributed by atoms with Gasteiger partial charge in [0.15, 0.2) is 5.82 Å². The average Bonchev–Trinajstić information content (AvgIpc) is 3.07. The number of aryl methyl sites for hydroxylation is 2. The first kappa shape index (κ1) is 25.9. The van der Waals surface area contributed by atoms with Crippen LogP contribution in [0.1, 0.15) is 11.1 Å². The molecule has 0 radical (unpaired) electrons. The molecule has 208 valence electrons. The van der Waals surface area contributed by atoms with Gasteiger partial charge in [0.25, 0.3) is 0 Å². The summed E-state index contributed by atoms with van der Waals surface area (Å²) in [6.45, 7) is 4.31. The van der Waals surface area contributed by atoms with Crippen LogP contribution in [0.25, 0.3) is 77.6 Å². The first-order valence-corrected chi connectivity index (χ1v) is 14.8. The molecule has 8 aromatic rings. The van der Waals surface area contributed by atoms with Crippen molar-refractivity contribution in [1.29, 1.82) is 0 Å². The number of aromatic nitrogens is 4. The lowest BCUT2D eigenvalue weighted by Gasteiger charge is -2.14. The first-order chi connectivity index (χ1) is 21.6. The van der Waals surface area contributed by atoms with E-state index in [4.69, 9.17) is 9.97 Å². The number of benzene rings is 5. The molecular formula is C40H28N4. The largest absolute Gasteiger partial charge is 0.256 e. The maximum absolute atomic E-state index is 5.19. The maximum atomic E-state index is 5.19. The number of nitrogens with zero attached hydrogens (tertiary/aromatic N) is 4. The number of fused-ring (bicyclic) bond motifs is 3. The first-order valence-electron chi connectivity index (χ1n) is 14.8. The van der Waals surface area contributed by atoms with Crippen molar-refractivity contribution >= 4 is 32.7 Å². The molecule has 8 rings (SSSR count). The summed E-state index contributed by atoms with van der Waals surface area (Å²) in [4.78, 5) is 19.6. The SMILES string of the molecule is Cc1cc(-c2nc(-c3ccc(-c4cccc5cccnc45)c(C)c3)c3ccccc3n2)ccc1-c1cccc2cccnc12. The van der Waals surface area contributed by atoms with E-state index >= 15 is 0 Å². The fourth-order valence-corrected chi connectivity index (χ4v) is 6.29. The summed E-state index contributed by atoms with van der Waals surface area (Å²) in [5.74, 6) is 0.712. The highest BCUT2D eigenvalue weighted by atomic mass is 14.9. The van der Waals surface area contributed by atoms with Gasteiger partial charge >= 0.3 is 0 Å². The van der Waals surface area contributed by atoms with Crippen LogP contribution in [0, 0.1) is 13.8 Å². The van der Waals surface area contributed by atoms with Crippen molar-refractivity contribution in [2.24, 2.45) is 0 Å². The van der Waals surface area contributed by atoms with E-state index in [2.05, 4.69) is 127 Å². The Morgan fingerprint density at radius 1 is 0.455 bits per heavy atom. The van der Waals surface area contributed by atoms with E-state index in [1.165, 1.54) is 11.1 Å². The molecule has 0 fully saturated rings. The number of hydrogen-bond donors (Lipinski definition) is 0. The van der Waals surface area contributed by atoms with E-state index in [0.29, 0.717) is 5.82 Å². The van der Waals surface area contributed by atoms with Gasteiger partial charge in [0, 0.05) is 50.8 Å². The molecule has 0 saturated carbocycles. The molecule has 0 unspecified atom stereocenters. The van der Waals surface area contributed by atoms with Gasteiger partial charge in [0.1, 0.15) is 0 Å². The number of rotatable bonds is 4. The standard InChI is InChI=1S/C40H28N4/c1-25-23-29(17-19-31(25)33-14-5-9-27-11-7-21-41-37(27)33)39-35-13-3-4-16-36(35)43-40(44-39)30-18-20-32(26(2)24-30)34-15-6-10-28-12-8-22-42-38(28)34/h3-24H,1-2H3. The van der Waals surface area contributed by atoms with Gasteiger partial charge in [0.05, 0.1) is 22.2 Å². The van der Waals surface area contributed by atoms with Gasteiger partial charge in [0.2, 0.25) is 0 Å². The summed E-state index contributed by atoms with van der Waals surface area (Å²) in [6, 6.07) is 42.2. The zero-order chi connectivity index (χ0) is 29.6. The molecule has 0 aliphatic heterocycles. The van der Waals surface area contributed by atoms with Gasteiger partial charge in [-0.3, -0.25) is 9.97 Å². The van der Waals surface area contributed by atoms with Crippen LogP contribution < -0.4 is 0 Å². The second-order valence-corrected chi connectivity index (χ2v) is 11.2. The van der Waals surface area contributed by atoms with Crippen LogP contribution in [0.2, 0.25) is 0 Å². The van der Waals surface area contributed by atoms with Crippen LogP contribution in [0.5, 0.6) is 0 Å². The van der Waals surface area contributed by atoms with Crippen molar-refractivity contribution in [2.75, 3.05) is 0 Å². The molecule has 0 atom stereocenters. The minimum atomic E-state index is 0.712. The molecule has 3 heterocycles. The summed E-state index contributed by atoms with van der Waals surface area (Å²) < 4.78 is 0. The van der Waals surface area contributed by atoms with Crippen LogP contribution in [0.3, 0.4) is 0 Å². The highest BCUT2D eigenvalue weighted by Crippen LogP contribution is 2.36. The van der Waals surface area contributed by atoms with Crippen LogP contribution in [0.15, 0.2) is 134 Å². The number of para-hydroxylation sites is 3. The van der Waals surface area contributed by atoms with Crippen molar-refractivity contribution in [3.05, 3.63) is 145 Å². The third-order valence-electron chi connectivity index (χ3n) is 8.43. The molecule has 5 aromatic carbocycles. The quantitative estimate of drug-likeness (QED) is 0.213. The second kappa shape index (κ2) is 10.5. The zero-order valence-corrected chi connectivity index (χ0v) is 24.5. The van der Waals surface area contributed by atoms with Crippen molar-refractivity contribution in [3.63, 3.8) is 0 Å². The highest BCUT2D eigenvalue weighted by Gasteiger charge is 2.15. The van der Waals surface area contributed by atoms with E-state index in [0.717, 1.165) is 71.8 Å². The molecule has 0 N–H and O–H groups in total. The normalized spacial score (nSPS) is 11.4. The summed E-state index contributed by atoms with van der Waals surface area (Å²) in [7, 11) is 0. The van der Waals surface area contributed by atoms with Crippen LogP contribution in [-0.4, -0.2) is 19.9 Å². The molecule has 0 amide bonds. The Morgan fingerprint density at radius 2 is 1.02 bits per heavy atom. The minimum Gasteiger partial charge on any atom is -0.256 e. The van der Waals surface area contributed by atoms with Gasteiger partial charge < -0.3 is 0 Å².